The number of carbonyl (C=O) groups is 2. The molecule has 5 rings (SSSR count). The summed E-state index contributed by atoms with van der Waals surface area (Å²) in [5, 5.41) is 5.69. The highest BCUT2D eigenvalue weighted by molar-refractivity contribution is 6.02. The lowest BCUT2D eigenvalue weighted by atomic mass is 9.93. The minimum absolute atomic E-state index is 0.163. The van der Waals surface area contributed by atoms with Crippen LogP contribution < -0.4 is 15.5 Å². The fourth-order valence-electron chi connectivity index (χ4n) is 4.95. The maximum absolute atomic E-state index is 12.5. The molecule has 0 unspecified atom stereocenters. The molecule has 2 aromatic heterocycles. The third kappa shape index (κ3) is 3.44. The molecule has 0 spiro atoms. The molecule has 2 fully saturated rings. The average Bonchev–Trinajstić information content (AvgIpc) is 3.56. The van der Waals surface area contributed by atoms with Crippen LogP contribution in [0.2, 0.25) is 0 Å². The Morgan fingerprint density at radius 3 is 2.71 bits per heavy atom. The van der Waals surface area contributed by atoms with Gasteiger partial charge in [-0.25, -0.2) is 4.98 Å². The van der Waals surface area contributed by atoms with Gasteiger partial charge in [-0.15, -0.1) is 0 Å². The lowest BCUT2D eigenvalue weighted by molar-refractivity contribution is -0.121. The second-order valence-electron chi connectivity index (χ2n) is 8.74. The normalized spacial score (nSPS) is 24.8. The van der Waals surface area contributed by atoms with Crippen LogP contribution in [-0.4, -0.2) is 59.9 Å². The molecule has 0 bridgehead atoms. The summed E-state index contributed by atoms with van der Waals surface area (Å²) in [5.41, 5.74) is 4.35. The Bertz CT molecular complexity index is 1020. The van der Waals surface area contributed by atoms with Crippen LogP contribution in [0, 0.1) is 5.41 Å². The molecule has 162 valence electrons. The molecule has 8 heteroatoms. The van der Waals surface area contributed by atoms with Crippen LogP contribution in [0.5, 0.6) is 0 Å². The van der Waals surface area contributed by atoms with E-state index in [1.807, 2.05) is 12.3 Å². The Morgan fingerprint density at radius 1 is 1.23 bits per heavy atom. The van der Waals surface area contributed by atoms with Crippen LogP contribution in [0.1, 0.15) is 47.4 Å². The zero-order valence-electron chi connectivity index (χ0n) is 18.0. The number of piperazine rings is 1. The highest BCUT2D eigenvalue weighted by Gasteiger charge is 2.62. The molecule has 8 nitrogen and oxygen atoms in total. The lowest BCUT2D eigenvalue weighted by Gasteiger charge is -2.36. The van der Waals surface area contributed by atoms with Crippen molar-refractivity contribution >= 4 is 23.2 Å². The summed E-state index contributed by atoms with van der Waals surface area (Å²) < 4.78 is 0. The predicted octanol–water partition coefficient (Wildman–Crippen LogP) is 1.99. The van der Waals surface area contributed by atoms with Crippen molar-refractivity contribution in [3.8, 4) is 0 Å². The minimum atomic E-state index is -0.203. The number of hydrogen-bond donors (Lipinski definition) is 2. The van der Waals surface area contributed by atoms with Gasteiger partial charge in [-0.05, 0) is 36.6 Å². The highest BCUT2D eigenvalue weighted by Crippen LogP contribution is 2.64. The number of aromatic nitrogens is 2. The standard InChI is InChI=1S/C23H28N6O2/c1-3-23-11-17(23)20-19(27-22(23)31)10-15(12-26-20)14-28-6-8-29(9-7-28)16-4-5-18(25-13-16)21(30)24-2/h4-5,10,12-13,17H,3,6-9,11,14H2,1-2H3,(H,24,30)(H,27,31)/t17-,23-/m0/s1. The largest absolute Gasteiger partial charge is 0.368 e. The van der Waals surface area contributed by atoms with Crippen LogP contribution >= 0.6 is 0 Å². The van der Waals surface area contributed by atoms with Gasteiger partial charge in [0.1, 0.15) is 5.69 Å². The molecule has 4 heterocycles. The maximum Gasteiger partial charge on any atom is 0.269 e. The molecule has 0 aromatic carbocycles. The maximum atomic E-state index is 12.5. The molecule has 2 N–H and O–H groups in total. The lowest BCUT2D eigenvalue weighted by Crippen LogP contribution is -2.46. The number of nitrogens with one attached hydrogen (secondary N) is 2. The molecule has 2 aliphatic heterocycles. The van der Waals surface area contributed by atoms with Crippen molar-refractivity contribution < 1.29 is 9.59 Å². The quantitative estimate of drug-likeness (QED) is 0.769. The molecule has 0 radical (unpaired) electrons. The molecule has 1 aliphatic carbocycles. The van der Waals surface area contributed by atoms with Gasteiger partial charge in [-0.3, -0.25) is 19.5 Å². The van der Waals surface area contributed by atoms with E-state index in [1.54, 1.807) is 19.3 Å². The van der Waals surface area contributed by atoms with Gasteiger partial charge < -0.3 is 15.5 Å². The van der Waals surface area contributed by atoms with Crippen LogP contribution in [0.4, 0.5) is 11.4 Å². The Balaban J connectivity index is 1.19. The summed E-state index contributed by atoms with van der Waals surface area (Å²) in [7, 11) is 1.60. The molecule has 2 amide bonds. The van der Waals surface area contributed by atoms with E-state index < -0.39 is 0 Å². The van der Waals surface area contributed by atoms with E-state index in [1.165, 1.54) is 0 Å². The Hall–Kier alpha value is -3.00. The van der Waals surface area contributed by atoms with Crippen LogP contribution in [0.25, 0.3) is 0 Å². The van der Waals surface area contributed by atoms with Gasteiger partial charge in [0, 0.05) is 51.9 Å². The summed E-state index contributed by atoms with van der Waals surface area (Å²) in [5.74, 6) is 0.284. The number of hydrogen-bond acceptors (Lipinski definition) is 6. The fraction of sp³-hybridized carbons (Fsp3) is 0.478. The number of rotatable bonds is 5. The van der Waals surface area contributed by atoms with Gasteiger partial charge >= 0.3 is 0 Å². The Morgan fingerprint density at radius 2 is 2.03 bits per heavy atom. The number of anilines is 2. The second-order valence-corrected chi connectivity index (χ2v) is 8.74. The van der Waals surface area contributed by atoms with Gasteiger partial charge in [-0.2, -0.15) is 0 Å². The fourth-order valence-corrected chi connectivity index (χ4v) is 4.95. The first kappa shape index (κ1) is 19.9. The molecule has 2 aromatic rings. The molecular formula is C23H28N6O2. The van der Waals surface area contributed by atoms with Gasteiger partial charge in [0.2, 0.25) is 5.91 Å². The number of pyridine rings is 2. The zero-order chi connectivity index (χ0) is 21.6. The van der Waals surface area contributed by atoms with Crippen molar-refractivity contribution in [1.82, 2.24) is 20.2 Å². The molecular weight excluding hydrogens is 392 g/mol. The van der Waals surface area contributed by atoms with Crippen LogP contribution in [0.15, 0.2) is 30.6 Å². The molecule has 3 aliphatic rings. The minimum Gasteiger partial charge on any atom is -0.368 e. The van der Waals surface area contributed by atoms with Gasteiger partial charge in [0.25, 0.3) is 5.91 Å². The van der Waals surface area contributed by atoms with Gasteiger partial charge in [0.05, 0.1) is 28.7 Å². The van der Waals surface area contributed by atoms with E-state index in [9.17, 15) is 9.59 Å². The Kier molecular flexibility index (Phi) is 4.89. The Labute approximate surface area is 182 Å². The van der Waals surface area contributed by atoms with Crippen molar-refractivity contribution in [2.75, 3.05) is 43.4 Å². The van der Waals surface area contributed by atoms with E-state index in [4.69, 9.17) is 4.98 Å². The zero-order valence-corrected chi connectivity index (χ0v) is 18.0. The van der Waals surface area contributed by atoms with Crippen molar-refractivity contribution in [3.63, 3.8) is 0 Å². The number of amides is 2. The second kappa shape index (κ2) is 7.60. The monoisotopic (exact) mass is 420 g/mol. The summed E-state index contributed by atoms with van der Waals surface area (Å²) >= 11 is 0. The van der Waals surface area contributed by atoms with Crippen LogP contribution in [-0.2, 0) is 11.3 Å². The summed E-state index contributed by atoms with van der Waals surface area (Å²) in [6, 6.07) is 5.82. The third-order valence-electron chi connectivity index (χ3n) is 7.06. The van der Waals surface area contributed by atoms with Crippen molar-refractivity contribution in [2.24, 2.45) is 5.41 Å². The van der Waals surface area contributed by atoms with E-state index in [0.29, 0.717) is 11.6 Å². The van der Waals surface area contributed by atoms with Gasteiger partial charge in [-0.1, -0.05) is 6.92 Å². The first-order valence-electron chi connectivity index (χ1n) is 11.0. The first-order valence-corrected chi connectivity index (χ1v) is 11.0. The molecule has 31 heavy (non-hydrogen) atoms. The summed E-state index contributed by atoms with van der Waals surface area (Å²) in [6.45, 7) is 6.57. The summed E-state index contributed by atoms with van der Waals surface area (Å²) in [4.78, 5) is 37.9. The van der Waals surface area contributed by atoms with E-state index in [0.717, 1.165) is 68.2 Å². The predicted molar refractivity (Wildman–Crippen MR) is 118 cm³/mol. The smallest absolute Gasteiger partial charge is 0.269 e. The van der Waals surface area contributed by atoms with Gasteiger partial charge in [0.15, 0.2) is 0 Å². The molecule has 1 saturated carbocycles. The van der Waals surface area contributed by atoms with Crippen molar-refractivity contribution in [3.05, 3.63) is 47.5 Å². The van der Waals surface area contributed by atoms with Crippen LogP contribution in [0.3, 0.4) is 0 Å². The van der Waals surface area contributed by atoms with E-state index >= 15 is 0 Å². The topological polar surface area (TPSA) is 90.5 Å². The third-order valence-corrected chi connectivity index (χ3v) is 7.06. The van der Waals surface area contributed by atoms with Crippen molar-refractivity contribution in [2.45, 2.75) is 32.2 Å². The molecule has 1 saturated heterocycles. The van der Waals surface area contributed by atoms with E-state index in [2.05, 4.69) is 38.4 Å². The summed E-state index contributed by atoms with van der Waals surface area (Å²) in [6.07, 6.45) is 5.55. The van der Waals surface area contributed by atoms with E-state index in [-0.39, 0.29) is 17.2 Å². The van der Waals surface area contributed by atoms with Crippen molar-refractivity contribution in [1.29, 1.82) is 0 Å². The number of fused-ring (bicyclic) bond motifs is 3. The number of nitrogens with zero attached hydrogens (tertiary/aromatic N) is 4. The number of carbonyl (C=O) groups excluding carboxylic acids is 2. The molecule has 2 atom stereocenters. The first-order chi connectivity index (χ1) is 15.0. The average molecular weight is 421 g/mol. The SMILES string of the molecule is CC[C@]12C[C@H]1c1ncc(CN3CCN(c4ccc(C(=O)NC)nc4)CC3)cc1NC2=O. The highest BCUT2D eigenvalue weighted by atomic mass is 16.2.